The molecule has 0 bridgehead atoms. The summed E-state index contributed by atoms with van der Waals surface area (Å²) in [7, 11) is 3.36. The smallest absolute Gasteiger partial charge is 0.337 e. The van der Waals surface area contributed by atoms with E-state index in [1.54, 1.807) is 30.5 Å². The van der Waals surface area contributed by atoms with Gasteiger partial charge in [-0.15, -0.1) is 0 Å². The summed E-state index contributed by atoms with van der Waals surface area (Å²) in [5.41, 5.74) is 3.02. The topological polar surface area (TPSA) is 81.6 Å². The molecular formula is C19H21N3O4. The summed E-state index contributed by atoms with van der Waals surface area (Å²) < 4.78 is 15.4. The van der Waals surface area contributed by atoms with E-state index in [9.17, 15) is 4.79 Å². The first-order valence-electron chi connectivity index (χ1n) is 8.25. The minimum atomic E-state index is -0.371. The Balaban J connectivity index is 1.75. The molecule has 0 aliphatic heterocycles. The van der Waals surface area contributed by atoms with Gasteiger partial charge >= 0.3 is 5.97 Å². The van der Waals surface area contributed by atoms with Crippen molar-refractivity contribution in [3.05, 3.63) is 59.3 Å². The average Bonchev–Trinajstić information content (AvgIpc) is 3.31. The second-order valence-electron chi connectivity index (χ2n) is 6.11. The number of benzene rings is 1. The Labute approximate surface area is 151 Å². The first-order valence-corrected chi connectivity index (χ1v) is 8.25. The number of esters is 1. The van der Waals surface area contributed by atoms with Crippen molar-refractivity contribution in [2.45, 2.75) is 26.4 Å². The molecule has 0 amide bonds. The lowest BCUT2D eigenvalue weighted by molar-refractivity contribution is 0.0600. The quantitative estimate of drug-likeness (QED) is 0.625. The first kappa shape index (κ1) is 17.9. The number of oxazole rings is 1. The Morgan fingerprint density at radius 3 is 2.62 bits per heavy atom. The van der Waals surface area contributed by atoms with Gasteiger partial charge in [-0.2, -0.15) is 0 Å². The predicted octanol–water partition coefficient (Wildman–Crippen LogP) is 3.62. The highest BCUT2D eigenvalue weighted by Crippen LogP contribution is 2.25. The molecule has 0 saturated carbocycles. The molecule has 0 N–H and O–H groups in total. The van der Waals surface area contributed by atoms with Gasteiger partial charge in [0.25, 0.3) is 0 Å². The Hall–Kier alpha value is -2.93. The standard InChI is InChI=1S/C19H21N3O4/c1-12(16-9-10-25-21-16)22(3)11-17-13(2)26-18(20-17)14-5-7-15(8-6-14)19(23)24-4/h5-10,12H,11H2,1-4H3/t12-/m1/s1. The van der Waals surface area contributed by atoms with Crippen LogP contribution in [0.2, 0.25) is 0 Å². The lowest BCUT2D eigenvalue weighted by atomic mass is 10.1. The summed E-state index contributed by atoms with van der Waals surface area (Å²) in [5, 5.41) is 3.99. The van der Waals surface area contributed by atoms with Crippen molar-refractivity contribution in [2.75, 3.05) is 14.2 Å². The van der Waals surface area contributed by atoms with Crippen LogP contribution >= 0.6 is 0 Å². The van der Waals surface area contributed by atoms with Gasteiger partial charge in [0.1, 0.15) is 17.7 Å². The van der Waals surface area contributed by atoms with E-state index in [-0.39, 0.29) is 12.0 Å². The molecule has 0 spiro atoms. The Bertz CT molecular complexity index is 869. The number of aryl methyl sites for hydroxylation is 1. The number of rotatable bonds is 6. The van der Waals surface area contributed by atoms with Crippen molar-refractivity contribution in [1.29, 1.82) is 0 Å². The van der Waals surface area contributed by atoms with Crippen LogP contribution in [0.5, 0.6) is 0 Å². The van der Waals surface area contributed by atoms with Crippen LogP contribution in [-0.4, -0.2) is 35.2 Å². The molecule has 0 aliphatic rings. The summed E-state index contributed by atoms with van der Waals surface area (Å²) in [5.74, 6) is 0.914. The van der Waals surface area contributed by atoms with Crippen LogP contribution in [0.4, 0.5) is 0 Å². The molecule has 3 aromatic rings. The minimum absolute atomic E-state index is 0.0904. The molecule has 1 atom stereocenters. The van der Waals surface area contributed by atoms with Crippen LogP contribution in [0.15, 0.2) is 45.5 Å². The summed E-state index contributed by atoms with van der Waals surface area (Å²) in [4.78, 5) is 18.3. The monoisotopic (exact) mass is 355 g/mol. The predicted molar refractivity (Wildman–Crippen MR) is 94.4 cm³/mol. The molecule has 26 heavy (non-hydrogen) atoms. The van der Waals surface area contributed by atoms with E-state index in [4.69, 9.17) is 13.7 Å². The number of hydrogen-bond donors (Lipinski definition) is 0. The van der Waals surface area contributed by atoms with Crippen molar-refractivity contribution in [1.82, 2.24) is 15.0 Å². The van der Waals surface area contributed by atoms with Crippen LogP contribution < -0.4 is 0 Å². The normalized spacial score (nSPS) is 12.3. The van der Waals surface area contributed by atoms with Crippen LogP contribution in [0.3, 0.4) is 0 Å². The third-order valence-corrected chi connectivity index (χ3v) is 4.39. The van der Waals surface area contributed by atoms with Crippen LogP contribution in [-0.2, 0) is 11.3 Å². The number of hydrogen-bond acceptors (Lipinski definition) is 7. The van der Waals surface area contributed by atoms with E-state index in [1.807, 2.05) is 20.0 Å². The van der Waals surface area contributed by atoms with E-state index in [2.05, 4.69) is 22.0 Å². The van der Waals surface area contributed by atoms with Crippen molar-refractivity contribution in [2.24, 2.45) is 0 Å². The fourth-order valence-corrected chi connectivity index (χ4v) is 2.60. The average molecular weight is 355 g/mol. The van der Waals surface area contributed by atoms with Crippen molar-refractivity contribution in [3.8, 4) is 11.5 Å². The van der Waals surface area contributed by atoms with Crippen molar-refractivity contribution >= 4 is 5.97 Å². The Morgan fingerprint density at radius 1 is 1.27 bits per heavy atom. The molecule has 0 fully saturated rings. The van der Waals surface area contributed by atoms with Crippen LogP contribution in [0.1, 0.15) is 40.5 Å². The van der Waals surface area contributed by atoms with Crippen LogP contribution in [0, 0.1) is 6.92 Å². The SMILES string of the molecule is COC(=O)c1ccc(-c2nc(CN(C)[C@H](C)c3ccon3)c(C)o2)cc1. The molecule has 7 nitrogen and oxygen atoms in total. The van der Waals surface area contributed by atoms with Crippen molar-refractivity contribution < 1.29 is 18.5 Å². The molecule has 7 heteroatoms. The van der Waals surface area contributed by atoms with Gasteiger partial charge in [0, 0.05) is 18.2 Å². The zero-order valence-corrected chi connectivity index (χ0v) is 15.2. The van der Waals surface area contributed by atoms with Gasteiger partial charge in [0.15, 0.2) is 0 Å². The second kappa shape index (κ2) is 7.53. The molecular weight excluding hydrogens is 334 g/mol. The Kier molecular flexibility index (Phi) is 5.18. The number of carbonyl (C=O) groups excluding carboxylic acids is 1. The van der Waals surface area contributed by atoms with E-state index in [0.717, 1.165) is 22.7 Å². The summed E-state index contributed by atoms with van der Waals surface area (Å²) >= 11 is 0. The highest BCUT2D eigenvalue weighted by Gasteiger charge is 2.19. The second-order valence-corrected chi connectivity index (χ2v) is 6.11. The molecule has 0 saturated heterocycles. The maximum Gasteiger partial charge on any atom is 0.337 e. The zero-order valence-electron chi connectivity index (χ0n) is 15.2. The molecule has 3 rings (SSSR count). The molecule has 2 aromatic heterocycles. The molecule has 2 heterocycles. The number of methoxy groups -OCH3 is 1. The van der Waals surface area contributed by atoms with Crippen LogP contribution in [0.25, 0.3) is 11.5 Å². The lowest BCUT2D eigenvalue weighted by Crippen LogP contribution is -2.22. The largest absolute Gasteiger partial charge is 0.465 e. The van der Waals surface area contributed by atoms with Gasteiger partial charge < -0.3 is 13.7 Å². The number of carbonyl (C=O) groups is 1. The molecule has 136 valence electrons. The van der Waals surface area contributed by atoms with Crippen molar-refractivity contribution in [3.63, 3.8) is 0 Å². The molecule has 0 unspecified atom stereocenters. The van der Waals surface area contributed by atoms with Gasteiger partial charge in [0.05, 0.1) is 24.4 Å². The fourth-order valence-electron chi connectivity index (χ4n) is 2.60. The fraction of sp³-hybridized carbons (Fsp3) is 0.316. The summed E-state index contributed by atoms with van der Waals surface area (Å²) in [6.45, 7) is 4.56. The maximum absolute atomic E-state index is 11.5. The highest BCUT2D eigenvalue weighted by atomic mass is 16.5. The van der Waals surface area contributed by atoms with E-state index >= 15 is 0 Å². The third-order valence-electron chi connectivity index (χ3n) is 4.39. The summed E-state index contributed by atoms with van der Waals surface area (Å²) in [6, 6.07) is 8.92. The zero-order chi connectivity index (χ0) is 18.7. The first-order chi connectivity index (χ1) is 12.5. The van der Waals surface area contributed by atoms with Gasteiger partial charge in [0.2, 0.25) is 5.89 Å². The highest BCUT2D eigenvalue weighted by molar-refractivity contribution is 5.89. The summed E-state index contributed by atoms with van der Waals surface area (Å²) in [6.07, 6.45) is 1.57. The number of aromatic nitrogens is 2. The number of nitrogens with zero attached hydrogens (tertiary/aromatic N) is 3. The molecule has 0 aliphatic carbocycles. The maximum atomic E-state index is 11.5. The van der Waals surface area contributed by atoms with E-state index in [0.29, 0.717) is 18.0 Å². The Morgan fingerprint density at radius 2 is 2.00 bits per heavy atom. The van der Waals surface area contributed by atoms with E-state index in [1.165, 1.54) is 7.11 Å². The third kappa shape index (κ3) is 3.67. The molecule has 1 aromatic carbocycles. The van der Waals surface area contributed by atoms with Gasteiger partial charge in [-0.1, -0.05) is 5.16 Å². The van der Waals surface area contributed by atoms with Gasteiger partial charge in [-0.05, 0) is 45.2 Å². The van der Waals surface area contributed by atoms with E-state index < -0.39 is 0 Å². The van der Waals surface area contributed by atoms with Gasteiger partial charge in [-0.25, -0.2) is 9.78 Å². The minimum Gasteiger partial charge on any atom is -0.465 e. The number of ether oxygens (including phenoxy) is 1. The molecule has 0 radical (unpaired) electrons. The lowest BCUT2D eigenvalue weighted by Gasteiger charge is -2.21. The van der Waals surface area contributed by atoms with Gasteiger partial charge in [-0.3, -0.25) is 4.90 Å².